The third-order valence-electron chi connectivity index (χ3n) is 1.83. The zero-order valence-corrected chi connectivity index (χ0v) is 17.2. The van der Waals surface area contributed by atoms with Crippen molar-refractivity contribution < 1.29 is 80.3 Å². The summed E-state index contributed by atoms with van der Waals surface area (Å²) in [6.45, 7) is 0. The molecule has 1 fully saturated rings. The smallest absolute Gasteiger partial charge is 0.222 e. The molecule has 1 saturated carbocycles. The van der Waals surface area contributed by atoms with Crippen molar-refractivity contribution in [3.8, 4) is 0 Å². The minimum Gasteiger partial charge on any atom is -0.222 e. The van der Waals surface area contributed by atoms with E-state index in [1.165, 1.54) is 0 Å². The summed E-state index contributed by atoms with van der Waals surface area (Å²) in [6, 6.07) is 0. The number of alkyl halides is 6. The Hall–Kier alpha value is 3.51. The van der Waals surface area contributed by atoms with E-state index in [-0.39, 0.29) is 51.4 Å². The standard InChI is InChI=1S/C6H6Cl6.ClHO4.K/c7-1-2(8)4(10)6(12)5(11)3(1)9;2-1(3,4)5;/h1-6H;(H,2,3,4,5);/q;;+1/p-1. The van der Waals surface area contributed by atoms with E-state index < -0.39 is 42.5 Å². The first-order valence-corrected chi connectivity index (χ1v) is 7.78. The molecule has 1 rings (SSSR count). The van der Waals surface area contributed by atoms with E-state index in [0.29, 0.717) is 0 Å². The van der Waals surface area contributed by atoms with Gasteiger partial charge in [0.1, 0.15) is 0 Å². The van der Waals surface area contributed by atoms with Gasteiger partial charge in [0, 0.05) is 0 Å². The number of rotatable bonds is 0. The van der Waals surface area contributed by atoms with Gasteiger partial charge in [-0.3, -0.25) is 0 Å². The van der Waals surface area contributed by atoms with Gasteiger partial charge in [0.05, 0.1) is 32.3 Å². The Morgan fingerprint density at radius 2 is 0.556 bits per heavy atom. The molecule has 0 spiro atoms. The molecule has 0 N–H and O–H groups in total. The zero-order valence-electron chi connectivity index (χ0n) is 8.74. The summed E-state index contributed by atoms with van der Waals surface area (Å²) in [4.78, 5) is 0. The van der Waals surface area contributed by atoms with E-state index in [1.54, 1.807) is 0 Å². The summed E-state index contributed by atoms with van der Waals surface area (Å²) in [7, 11) is -4.94. The molecule has 0 saturated heterocycles. The molecule has 0 atom stereocenters. The predicted molar refractivity (Wildman–Crippen MR) is 57.8 cm³/mol. The Bertz CT molecular complexity index is 178. The van der Waals surface area contributed by atoms with Gasteiger partial charge < -0.3 is 0 Å². The van der Waals surface area contributed by atoms with E-state index in [0.717, 1.165) is 0 Å². The fourth-order valence-corrected chi connectivity index (χ4v) is 3.38. The fraction of sp³-hybridized carbons (Fsp3) is 1.00. The van der Waals surface area contributed by atoms with Crippen LogP contribution in [-0.4, -0.2) is 32.3 Å². The largest absolute Gasteiger partial charge is 1.00 e. The normalized spacial score (nSPS) is 40.3. The monoisotopic (exact) mass is 426 g/mol. The third-order valence-corrected chi connectivity index (χ3v) is 5.86. The van der Waals surface area contributed by atoms with Crippen molar-refractivity contribution in [3.05, 3.63) is 0 Å². The van der Waals surface area contributed by atoms with Gasteiger partial charge in [-0.2, -0.15) is 0 Å². The minimum absolute atomic E-state index is 0. The molecule has 0 aliphatic heterocycles. The van der Waals surface area contributed by atoms with Crippen LogP contribution in [0, 0.1) is 10.2 Å². The molecular weight excluding hydrogens is 423 g/mol. The quantitative estimate of drug-likeness (QED) is 0.289. The molecule has 18 heavy (non-hydrogen) atoms. The van der Waals surface area contributed by atoms with Crippen molar-refractivity contribution in [1.29, 1.82) is 0 Å². The number of hydrogen-bond donors (Lipinski definition) is 0. The summed E-state index contributed by atoms with van der Waals surface area (Å²) in [5, 5.41) is -2.62. The number of hydrogen-bond acceptors (Lipinski definition) is 4. The van der Waals surface area contributed by atoms with Crippen LogP contribution in [0.2, 0.25) is 0 Å². The zero-order chi connectivity index (χ0) is 14.0. The van der Waals surface area contributed by atoms with Crippen molar-refractivity contribution in [3.63, 3.8) is 0 Å². The summed E-state index contributed by atoms with van der Waals surface area (Å²) in [5.74, 6) is 0. The van der Waals surface area contributed by atoms with Crippen molar-refractivity contribution in [2.24, 2.45) is 0 Å². The maximum absolute atomic E-state index is 8.49. The van der Waals surface area contributed by atoms with Gasteiger partial charge in [-0.1, -0.05) is 0 Å². The molecule has 0 unspecified atom stereocenters. The van der Waals surface area contributed by atoms with E-state index in [9.17, 15) is 0 Å². The molecule has 0 bridgehead atoms. The van der Waals surface area contributed by atoms with E-state index in [4.69, 9.17) is 88.2 Å². The van der Waals surface area contributed by atoms with Gasteiger partial charge in [0.2, 0.25) is 0 Å². The van der Waals surface area contributed by atoms with Crippen LogP contribution < -0.4 is 70.0 Å². The first kappa shape index (κ1) is 23.8. The second kappa shape index (κ2) is 10.3. The van der Waals surface area contributed by atoms with Crippen molar-refractivity contribution in [1.82, 2.24) is 0 Å². The Balaban J connectivity index is 0. The Kier molecular flexibility index (Phi) is 13.6. The Morgan fingerprint density at radius 1 is 0.500 bits per heavy atom. The van der Waals surface area contributed by atoms with Crippen LogP contribution in [0.25, 0.3) is 0 Å². The molecule has 0 radical (unpaired) electrons. The second-order valence-electron chi connectivity index (χ2n) is 3.04. The Morgan fingerprint density at radius 3 is 0.611 bits per heavy atom. The van der Waals surface area contributed by atoms with Crippen LogP contribution in [0.3, 0.4) is 0 Å². The summed E-state index contributed by atoms with van der Waals surface area (Å²) >= 11 is 35.3. The molecule has 0 heterocycles. The average Bonchev–Trinajstić information content (AvgIpc) is 2.18. The van der Waals surface area contributed by atoms with Gasteiger partial charge >= 0.3 is 51.4 Å². The van der Waals surface area contributed by atoms with Crippen molar-refractivity contribution >= 4 is 69.6 Å². The second-order valence-corrected chi connectivity index (χ2v) is 6.82. The average molecular weight is 429 g/mol. The molecule has 1 aliphatic carbocycles. The molecule has 104 valence electrons. The Labute approximate surface area is 179 Å². The van der Waals surface area contributed by atoms with Gasteiger partial charge in [-0.25, -0.2) is 18.6 Å². The predicted octanol–water partition coefficient (Wildman–Crippen LogP) is -4.11. The van der Waals surface area contributed by atoms with Gasteiger partial charge in [0.25, 0.3) is 0 Å². The van der Waals surface area contributed by atoms with Crippen molar-refractivity contribution in [2.45, 2.75) is 32.3 Å². The molecular formula is C6H6Cl7KO4. The molecule has 1 aliphatic rings. The van der Waals surface area contributed by atoms with Gasteiger partial charge in [0.15, 0.2) is 0 Å². The first-order valence-electron chi connectivity index (χ1n) is 3.93. The molecule has 0 amide bonds. The van der Waals surface area contributed by atoms with Crippen LogP contribution in [0.15, 0.2) is 0 Å². The number of halogens is 7. The van der Waals surface area contributed by atoms with E-state index in [1.807, 2.05) is 0 Å². The SMILES string of the molecule is ClC1C(Cl)C(Cl)C(Cl)C(Cl)C1Cl.[K+].[O-][Cl+3]([O-])([O-])[O-]. The fourth-order valence-electron chi connectivity index (χ4n) is 1.05. The summed E-state index contributed by atoms with van der Waals surface area (Å²) in [5.41, 5.74) is 0. The van der Waals surface area contributed by atoms with Crippen LogP contribution in [0.1, 0.15) is 0 Å². The first-order chi connectivity index (χ1) is 7.46. The molecule has 0 aromatic rings. The van der Waals surface area contributed by atoms with E-state index >= 15 is 0 Å². The molecule has 4 nitrogen and oxygen atoms in total. The summed E-state index contributed by atoms with van der Waals surface area (Å²) in [6.07, 6.45) is 0. The third kappa shape index (κ3) is 8.83. The van der Waals surface area contributed by atoms with E-state index in [2.05, 4.69) is 0 Å². The van der Waals surface area contributed by atoms with Crippen LogP contribution in [-0.2, 0) is 0 Å². The molecule has 0 aromatic heterocycles. The maximum atomic E-state index is 8.49. The topological polar surface area (TPSA) is 92.2 Å². The van der Waals surface area contributed by atoms with Gasteiger partial charge in [-0.05, 0) is 0 Å². The maximum Gasteiger partial charge on any atom is 1.00 e. The minimum atomic E-state index is -4.94. The van der Waals surface area contributed by atoms with Crippen LogP contribution in [0.5, 0.6) is 0 Å². The molecule has 0 aromatic carbocycles. The van der Waals surface area contributed by atoms with Crippen LogP contribution in [0.4, 0.5) is 0 Å². The van der Waals surface area contributed by atoms with Crippen LogP contribution >= 0.6 is 69.6 Å². The summed E-state index contributed by atoms with van der Waals surface area (Å²) < 4.78 is 34.0. The van der Waals surface area contributed by atoms with Crippen molar-refractivity contribution in [2.75, 3.05) is 0 Å². The molecule has 12 heteroatoms. The van der Waals surface area contributed by atoms with Gasteiger partial charge in [-0.15, -0.1) is 79.8 Å².